The summed E-state index contributed by atoms with van der Waals surface area (Å²) in [4.78, 5) is 29.6. The zero-order chi connectivity index (χ0) is 35.5. The highest BCUT2D eigenvalue weighted by Crippen LogP contribution is 2.29. The van der Waals surface area contributed by atoms with Crippen LogP contribution in [0.5, 0.6) is 11.5 Å². The first-order valence-corrected chi connectivity index (χ1v) is 17.9. The predicted molar refractivity (Wildman–Crippen MR) is 193 cm³/mol. The van der Waals surface area contributed by atoms with Gasteiger partial charge in [-0.3, -0.25) is 13.9 Å². The molecule has 0 radical (unpaired) electrons. The standard InChI is InChI=1S/C40H40FN3O5S/c1-3-26-42-40(46)38(27-31-12-6-4-7-13-31)43(28-32-14-10-11-17-37(32)41)39(45)29-44(50(47,48)36-24-18-30(2)19-25-36)33-20-22-35(23-21-33)49-34-15-8-5-9-16-34/h4-25,38H,3,26-29H2,1-2H3,(H,42,46)/t38-/m1/s1. The fraction of sp³-hybridized carbons (Fsp3) is 0.200. The molecule has 0 aliphatic heterocycles. The summed E-state index contributed by atoms with van der Waals surface area (Å²) in [6.07, 6.45) is 0.796. The van der Waals surface area contributed by atoms with Crippen molar-refractivity contribution in [1.82, 2.24) is 10.2 Å². The topological polar surface area (TPSA) is 96.0 Å². The van der Waals surface area contributed by atoms with E-state index in [0.29, 0.717) is 24.5 Å². The summed E-state index contributed by atoms with van der Waals surface area (Å²) in [5.74, 6) is -0.572. The first-order chi connectivity index (χ1) is 24.2. The van der Waals surface area contributed by atoms with Crippen LogP contribution in [-0.4, -0.2) is 44.3 Å². The lowest BCUT2D eigenvalue weighted by Gasteiger charge is -2.34. The second-order valence-corrected chi connectivity index (χ2v) is 13.7. The number of ether oxygens (including phenoxy) is 1. The summed E-state index contributed by atoms with van der Waals surface area (Å²) in [5.41, 5.74) is 2.05. The third kappa shape index (κ3) is 9.15. The number of hydrogen-bond donors (Lipinski definition) is 1. The SMILES string of the molecule is CCCNC(=O)[C@@H](Cc1ccccc1)N(Cc1ccccc1F)C(=O)CN(c1ccc(Oc2ccccc2)cc1)S(=O)(=O)c1ccc(C)cc1. The predicted octanol–water partition coefficient (Wildman–Crippen LogP) is 7.29. The molecule has 0 heterocycles. The second-order valence-electron chi connectivity index (χ2n) is 11.8. The number of carbonyl (C=O) groups excluding carboxylic acids is 2. The third-order valence-corrected chi connectivity index (χ3v) is 9.90. The average molecular weight is 694 g/mol. The van der Waals surface area contributed by atoms with Gasteiger partial charge in [0, 0.05) is 25.1 Å². The van der Waals surface area contributed by atoms with Crippen LogP contribution in [0.2, 0.25) is 0 Å². The van der Waals surface area contributed by atoms with Gasteiger partial charge >= 0.3 is 0 Å². The van der Waals surface area contributed by atoms with E-state index in [-0.39, 0.29) is 29.1 Å². The second kappa shape index (κ2) is 16.8. The Hall–Kier alpha value is -5.48. The van der Waals surface area contributed by atoms with E-state index in [1.807, 2.05) is 62.4 Å². The summed E-state index contributed by atoms with van der Waals surface area (Å²) in [6, 6.07) is 36.0. The summed E-state index contributed by atoms with van der Waals surface area (Å²) < 4.78 is 50.7. The van der Waals surface area contributed by atoms with Crippen molar-refractivity contribution in [3.8, 4) is 11.5 Å². The van der Waals surface area contributed by atoms with Gasteiger partial charge < -0.3 is 15.0 Å². The molecule has 0 aliphatic rings. The first-order valence-electron chi connectivity index (χ1n) is 16.4. The van der Waals surface area contributed by atoms with Crippen LogP contribution in [0.1, 0.15) is 30.0 Å². The Morgan fingerprint density at radius 1 is 0.780 bits per heavy atom. The molecule has 0 saturated carbocycles. The van der Waals surface area contributed by atoms with Crippen molar-refractivity contribution < 1.29 is 27.1 Å². The number of aryl methyl sites for hydroxylation is 1. The Balaban J connectivity index is 1.56. The Labute approximate surface area is 293 Å². The molecule has 8 nitrogen and oxygen atoms in total. The van der Waals surface area contributed by atoms with Crippen LogP contribution in [0.15, 0.2) is 138 Å². The van der Waals surface area contributed by atoms with E-state index in [1.54, 1.807) is 66.7 Å². The molecule has 0 bridgehead atoms. The van der Waals surface area contributed by atoms with Crippen LogP contribution in [0.3, 0.4) is 0 Å². The molecule has 10 heteroatoms. The van der Waals surface area contributed by atoms with E-state index in [4.69, 9.17) is 4.74 Å². The number of nitrogens with zero attached hydrogens (tertiary/aromatic N) is 2. The van der Waals surface area contributed by atoms with Gasteiger partial charge in [0.15, 0.2) is 0 Å². The summed E-state index contributed by atoms with van der Waals surface area (Å²) in [6.45, 7) is 3.22. The molecule has 5 aromatic rings. The van der Waals surface area contributed by atoms with Crippen LogP contribution in [0.4, 0.5) is 10.1 Å². The lowest BCUT2D eigenvalue weighted by atomic mass is 10.0. The molecule has 50 heavy (non-hydrogen) atoms. The van der Waals surface area contributed by atoms with Crippen LogP contribution < -0.4 is 14.4 Å². The largest absolute Gasteiger partial charge is 0.457 e. The average Bonchev–Trinajstić information content (AvgIpc) is 3.13. The van der Waals surface area contributed by atoms with Crippen LogP contribution >= 0.6 is 0 Å². The first kappa shape index (κ1) is 35.8. The Morgan fingerprint density at radius 2 is 1.38 bits per heavy atom. The molecule has 1 N–H and O–H groups in total. The number of amides is 2. The van der Waals surface area contributed by atoms with Crippen molar-refractivity contribution in [2.24, 2.45) is 0 Å². The van der Waals surface area contributed by atoms with Gasteiger partial charge in [0.1, 0.15) is 29.9 Å². The van der Waals surface area contributed by atoms with Gasteiger partial charge in [0.2, 0.25) is 11.8 Å². The highest BCUT2D eigenvalue weighted by molar-refractivity contribution is 7.92. The Bertz CT molecular complexity index is 1970. The molecular formula is C40H40FN3O5S. The highest BCUT2D eigenvalue weighted by atomic mass is 32.2. The molecular weight excluding hydrogens is 654 g/mol. The van der Waals surface area contributed by atoms with Crippen molar-refractivity contribution in [1.29, 1.82) is 0 Å². The minimum Gasteiger partial charge on any atom is -0.457 e. The van der Waals surface area contributed by atoms with E-state index in [0.717, 1.165) is 15.4 Å². The van der Waals surface area contributed by atoms with Gasteiger partial charge in [-0.25, -0.2) is 12.8 Å². The van der Waals surface area contributed by atoms with Crippen molar-refractivity contribution in [3.05, 3.63) is 156 Å². The van der Waals surface area contributed by atoms with Gasteiger partial charge in [-0.1, -0.05) is 91.3 Å². The van der Waals surface area contributed by atoms with E-state index in [1.165, 1.54) is 23.1 Å². The fourth-order valence-corrected chi connectivity index (χ4v) is 6.82. The van der Waals surface area contributed by atoms with Crippen molar-refractivity contribution >= 4 is 27.5 Å². The summed E-state index contributed by atoms with van der Waals surface area (Å²) in [5, 5.41) is 2.89. The number of rotatable bonds is 15. The minimum atomic E-state index is -4.30. The molecule has 1 atom stereocenters. The summed E-state index contributed by atoms with van der Waals surface area (Å²) in [7, 11) is -4.30. The molecule has 0 aromatic heterocycles. The molecule has 0 aliphatic carbocycles. The van der Waals surface area contributed by atoms with Gasteiger partial charge in [-0.15, -0.1) is 0 Å². The fourth-order valence-electron chi connectivity index (χ4n) is 5.40. The maximum atomic E-state index is 15.1. The molecule has 0 fully saturated rings. The number of para-hydroxylation sites is 1. The maximum absolute atomic E-state index is 15.1. The molecule has 0 spiro atoms. The number of nitrogens with one attached hydrogen (secondary N) is 1. The normalized spacial score (nSPS) is 11.7. The van der Waals surface area contributed by atoms with Crippen LogP contribution in [-0.2, 0) is 32.6 Å². The molecule has 5 rings (SSSR count). The van der Waals surface area contributed by atoms with Crippen LogP contribution in [0.25, 0.3) is 0 Å². The van der Waals surface area contributed by atoms with E-state index < -0.39 is 40.2 Å². The van der Waals surface area contributed by atoms with Gasteiger partial charge in [0.05, 0.1) is 10.6 Å². The minimum absolute atomic E-state index is 0.0114. The molecule has 258 valence electrons. The number of halogens is 1. The third-order valence-electron chi connectivity index (χ3n) is 8.11. The number of sulfonamides is 1. The zero-order valence-electron chi connectivity index (χ0n) is 28.0. The lowest BCUT2D eigenvalue weighted by Crippen LogP contribution is -2.53. The Kier molecular flexibility index (Phi) is 12.0. The van der Waals surface area contributed by atoms with E-state index >= 15 is 4.39 Å². The number of hydrogen-bond acceptors (Lipinski definition) is 5. The maximum Gasteiger partial charge on any atom is 0.264 e. The Morgan fingerprint density at radius 3 is 2.02 bits per heavy atom. The highest BCUT2D eigenvalue weighted by Gasteiger charge is 2.35. The number of benzene rings is 5. The van der Waals surface area contributed by atoms with Gasteiger partial charge in [-0.05, 0) is 73.5 Å². The molecule has 5 aromatic carbocycles. The quantitative estimate of drug-likeness (QED) is 0.124. The zero-order valence-corrected chi connectivity index (χ0v) is 28.9. The van der Waals surface area contributed by atoms with Gasteiger partial charge in [-0.2, -0.15) is 0 Å². The lowest BCUT2D eigenvalue weighted by molar-refractivity contribution is -0.140. The molecule has 0 saturated heterocycles. The van der Waals surface area contributed by atoms with E-state index in [2.05, 4.69) is 5.32 Å². The van der Waals surface area contributed by atoms with Crippen LogP contribution in [0, 0.1) is 12.7 Å². The number of carbonyl (C=O) groups is 2. The van der Waals surface area contributed by atoms with Gasteiger partial charge in [0.25, 0.3) is 10.0 Å². The van der Waals surface area contributed by atoms with Crippen molar-refractivity contribution in [2.75, 3.05) is 17.4 Å². The van der Waals surface area contributed by atoms with E-state index in [9.17, 15) is 18.0 Å². The van der Waals surface area contributed by atoms with Crippen molar-refractivity contribution in [3.63, 3.8) is 0 Å². The number of anilines is 1. The molecule has 0 unspecified atom stereocenters. The summed E-state index contributed by atoms with van der Waals surface area (Å²) >= 11 is 0. The smallest absolute Gasteiger partial charge is 0.264 e. The van der Waals surface area contributed by atoms with Crippen molar-refractivity contribution in [2.45, 2.75) is 44.2 Å². The molecule has 2 amide bonds. The monoisotopic (exact) mass is 693 g/mol.